The Bertz CT molecular complexity index is 478. The fourth-order valence-corrected chi connectivity index (χ4v) is 1.91. The molecule has 5 nitrogen and oxygen atoms in total. The van der Waals surface area contributed by atoms with E-state index in [-0.39, 0.29) is 30.4 Å². The van der Waals surface area contributed by atoms with Crippen LogP contribution in [0.15, 0.2) is 24.3 Å². The molecule has 1 aliphatic carbocycles. The van der Waals surface area contributed by atoms with E-state index in [2.05, 4.69) is 10.6 Å². The van der Waals surface area contributed by atoms with Crippen LogP contribution in [0.4, 0.5) is 5.69 Å². The van der Waals surface area contributed by atoms with Gasteiger partial charge >= 0.3 is 0 Å². The van der Waals surface area contributed by atoms with Gasteiger partial charge in [-0.05, 0) is 30.5 Å². The molecule has 0 atom stereocenters. The minimum Gasteiger partial charge on any atom is -0.394 e. The molecule has 0 unspecified atom stereocenters. The van der Waals surface area contributed by atoms with Crippen LogP contribution in [0, 0.1) is 0 Å². The summed E-state index contributed by atoms with van der Waals surface area (Å²) in [5, 5.41) is 14.7. The van der Waals surface area contributed by atoms with E-state index < -0.39 is 0 Å². The maximum Gasteiger partial charge on any atom is 0.224 e. The second-order valence-electron chi connectivity index (χ2n) is 5.04. The zero-order chi connectivity index (χ0) is 13.9. The van der Waals surface area contributed by atoms with Crippen molar-refractivity contribution in [2.45, 2.75) is 31.7 Å². The number of anilines is 1. The Kier molecular flexibility index (Phi) is 3.85. The number of nitrogens with one attached hydrogen (secondary N) is 2. The van der Waals surface area contributed by atoms with Gasteiger partial charge in [-0.1, -0.05) is 12.1 Å². The quantitative estimate of drug-likeness (QED) is 0.735. The Balaban J connectivity index is 1.88. The van der Waals surface area contributed by atoms with E-state index >= 15 is 0 Å². The van der Waals surface area contributed by atoms with E-state index in [1.54, 1.807) is 12.1 Å². The fourth-order valence-electron chi connectivity index (χ4n) is 1.91. The summed E-state index contributed by atoms with van der Waals surface area (Å²) in [5.41, 5.74) is 1.22. The molecular formula is C14H18N2O3. The Morgan fingerprint density at radius 1 is 1.26 bits per heavy atom. The van der Waals surface area contributed by atoms with Crippen molar-refractivity contribution >= 4 is 17.5 Å². The van der Waals surface area contributed by atoms with Gasteiger partial charge in [0.1, 0.15) is 0 Å². The second kappa shape index (κ2) is 5.40. The lowest BCUT2D eigenvalue weighted by Gasteiger charge is -2.14. The van der Waals surface area contributed by atoms with E-state index in [4.69, 9.17) is 5.11 Å². The summed E-state index contributed by atoms with van der Waals surface area (Å²) < 4.78 is 0. The molecule has 2 amide bonds. The van der Waals surface area contributed by atoms with Crippen LogP contribution in [-0.2, 0) is 16.0 Å². The van der Waals surface area contributed by atoms with Gasteiger partial charge in [-0.2, -0.15) is 0 Å². The normalized spacial score (nSPS) is 15.7. The van der Waals surface area contributed by atoms with Crippen molar-refractivity contribution in [1.29, 1.82) is 0 Å². The summed E-state index contributed by atoms with van der Waals surface area (Å²) in [6, 6.07) is 7.15. The van der Waals surface area contributed by atoms with Crippen molar-refractivity contribution < 1.29 is 14.7 Å². The molecule has 102 valence electrons. The number of rotatable bonds is 5. The van der Waals surface area contributed by atoms with Gasteiger partial charge in [-0.15, -0.1) is 0 Å². The number of hydrogen-bond donors (Lipinski definition) is 3. The predicted octanol–water partition coefficient (Wildman–Crippen LogP) is 0.829. The van der Waals surface area contributed by atoms with Gasteiger partial charge in [0.25, 0.3) is 0 Å². The summed E-state index contributed by atoms with van der Waals surface area (Å²) in [6.45, 7) is 1.45. The number of aliphatic hydroxyl groups is 1. The maximum atomic E-state index is 11.8. The topological polar surface area (TPSA) is 78.4 Å². The van der Waals surface area contributed by atoms with Crippen molar-refractivity contribution in [1.82, 2.24) is 5.32 Å². The lowest BCUT2D eigenvalue weighted by atomic mass is 10.1. The van der Waals surface area contributed by atoms with Gasteiger partial charge < -0.3 is 15.7 Å². The molecule has 0 heterocycles. The Hall–Kier alpha value is -1.88. The average Bonchev–Trinajstić information content (AvgIpc) is 3.11. The largest absolute Gasteiger partial charge is 0.394 e. The van der Waals surface area contributed by atoms with Gasteiger partial charge in [-0.3, -0.25) is 9.59 Å². The lowest BCUT2D eigenvalue weighted by molar-refractivity contribution is -0.121. The van der Waals surface area contributed by atoms with E-state index in [0.717, 1.165) is 18.4 Å². The number of aliphatic hydroxyl groups excluding tert-OH is 1. The Morgan fingerprint density at radius 3 is 2.37 bits per heavy atom. The first-order valence-corrected chi connectivity index (χ1v) is 6.31. The standard InChI is InChI=1S/C14H18N2O3/c1-10(18)15-12-4-2-11(3-5-12)8-13(19)16-14(9-17)6-7-14/h2-5,17H,6-9H2,1H3,(H,15,18)(H,16,19). The molecule has 5 heteroatoms. The molecule has 0 aromatic heterocycles. The summed E-state index contributed by atoms with van der Waals surface area (Å²) in [6.07, 6.45) is 1.97. The van der Waals surface area contributed by atoms with E-state index in [9.17, 15) is 9.59 Å². The van der Waals surface area contributed by atoms with Gasteiger partial charge in [0.05, 0.1) is 18.6 Å². The van der Waals surface area contributed by atoms with Gasteiger partial charge in [0, 0.05) is 12.6 Å². The van der Waals surface area contributed by atoms with Crippen molar-refractivity contribution in [2.24, 2.45) is 0 Å². The molecule has 0 saturated heterocycles. The molecule has 1 aliphatic rings. The third-order valence-electron chi connectivity index (χ3n) is 3.20. The van der Waals surface area contributed by atoms with Crippen molar-refractivity contribution in [3.63, 3.8) is 0 Å². The van der Waals surface area contributed by atoms with Crippen LogP contribution in [0.1, 0.15) is 25.3 Å². The first-order valence-electron chi connectivity index (χ1n) is 6.31. The van der Waals surface area contributed by atoms with Crippen molar-refractivity contribution in [2.75, 3.05) is 11.9 Å². The molecule has 0 aliphatic heterocycles. The van der Waals surface area contributed by atoms with Crippen LogP contribution in [0.25, 0.3) is 0 Å². The van der Waals surface area contributed by atoms with Crippen LogP contribution >= 0.6 is 0 Å². The first-order chi connectivity index (χ1) is 9.03. The highest BCUT2D eigenvalue weighted by atomic mass is 16.3. The van der Waals surface area contributed by atoms with Gasteiger partial charge in [0.2, 0.25) is 11.8 Å². The molecule has 1 fully saturated rings. The Morgan fingerprint density at radius 2 is 1.89 bits per heavy atom. The van der Waals surface area contributed by atoms with E-state index in [1.807, 2.05) is 12.1 Å². The fraction of sp³-hybridized carbons (Fsp3) is 0.429. The average molecular weight is 262 g/mol. The highest BCUT2D eigenvalue weighted by molar-refractivity contribution is 5.88. The zero-order valence-corrected chi connectivity index (χ0v) is 10.9. The van der Waals surface area contributed by atoms with Crippen LogP contribution in [0.2, 0.25) is 0 Å². The zero-order valence-electron chi connectivity index (χ0n) is 10.9. The highest BCUT2D eigenvalue weighted by Crippen LogP contribution is 2.34. The molecule has 3 N–H and O–H groups in total. The maximum absolute atomic E-state index is 11.8. The highest BCUT2D eigenvalue weighted by Gasteiger charge is 2.43. The van der Waals surface area contributed by atoms with E-state index in [1.165, 1.54) is 6.92 Å². The molecular weight excluding hydrogens is 244 g/mol. The predicted molar refractivity (Wildman–Crippen MR) is 71.6 cm³/mol. The van der Waals surface area contributed by atoms with Gasteiger partial charge in [0.15, 0.2) is 0 Å². The minimum absolute atomic E-state index is 0.000208. The molecule has 1 aromatic rings. The third kappa shape index (κ3) is 3.79. The van der Waals surface area contributed by atoms with Crippen LogP contribution in [0.3, 0.4) is 0 Å². The van der Waals surface area contributed by atoms with Gasteiger partial charge in [-0.25, -0.2) is 0 Å². The van der Waals surface area contributed by atoms with Crippen molar-refractivity contribution in [3.8, 4) is 0 Å². The number of benzene rings is 1. The van der Waals surface area contributed by atoms with Crippen LogP contribution in [-0.4, -0.2) is 29.1 Å². The minimum atomic E-state index is -0.368. The molecule has 0 spiro atoms. The molecule has 0 bridgehead atoms. The number of carbonyl (C=O) groups is 2. The van der Waals surface area contributed by atoms with Crippen LogP contribution in [0.5, 0.6) is 0 Å². The third-order valence-corrected chi connectivity index (χ3v) is 3.20. The summed E-state index contributed by atoms with van der Waals surface area (Å²) in [5.74, 6) is -0.206. The van der Waals surface area contributed by atoms with Crippen LogP contribution < -0.4 is 10.6 Å². The smallest absolute Gasteiger partial charge is 0.224 e. The van der Waals surface area contributed by atoms with E-state index in [0.29, 0.717) is 5.69 Å². The molecule has 0 radical (unpaired) electrons. The summed E-state index contributed by atoms with van der Waals surface area (Å²) in [4.78, 5) is 22.7. The SMILES string of the molecule is CC(=O)Nc1ccc(CC(=O)NC2(CO)CC2)cc1. The van der Waals surface area contributed by atoms with Crippen molar-refractivity contribution in [3.05, 3.63) is 29.8 Å². The second-order valence-corrected chi connectivity index (χ2v) is 5.04. The number of hydrogen-bond acceptors (Lipinski definition) is 3. The number of amides is 2. The summed E-state index contributed by atoms with van der Waals surface area (Å²) in [7, 11) is 0. The number of carbonyl (C=O) groups excluding carboxylic acids is 2. The molecule has 19 heavy (non-hydrogen) atoms. The summed E-state index contributed by atoms with van der Waals surface area (Å²) >= 11 is 0. The Labute approximate surface area is 112 Å². The first kappa shape index (κ1) is 13.5. The molecule has 2 rings (SSSR count). The lowest BCUT2D eigenvalue weighted by Crippen LogP contribution is -2.40. The molecule has 1 saturated carbocycles. The molecule has 1 aromatic carbocycles. The monoisotopic (exact) mass is 262 g/mol.